The summed E-state index contributed by atoms with van der Waals surface area (Å²) in [7, 11) is 1.37. The van der Waals surface area contributed by atoms with E-state index in [2.05, 4.69) is 15.5 Å². The summed E-state index contributed by atoms with van der Waals surface area (Å²) in [5, 5.41) is 6.99. The van der Waals surface area contributed by atoms with Crippen LogP contribution in [-0.4, -0.2) is 24.3 Å². The van der Waals surface area contributed by atoms with Crippen molar-refractivity contribution in [3.63, 3.8) is 0 Å². The zero-order valence-electron chi connectivity index (χ0n) is 13.9. The van der Waals surface area contributed by atoms with E-state index >= 15 is 0 Å². The minimum absolute atomic E-state index is 0.343. The highest BCUT2D eigenvalue weighted by Gasteiger charge is 2.07. The Morgan fingerprint density at radius 3 is 2.64 bits per heavy atom. The Labute approximate surface area is 150 Å². The Morgan fingerprint density at radius 2 is 1.96 bits per heavy atom. The first-order valence-corrected chi connectivity index (χ1v) is 8.54. The molecule has 5 nitrogen and oxygen atoms in total. The zero-order valence-corrected chi connectivity index (χ0v) is 14.7. The van der Waals surface area contributed by atoms with Gasteiger partial charge in [-0.15, -0.1) is 11.3 Å². The molecular formula is C19H17N3O2S. The molecule has 0 fully saturated rings. The number of anilines is 1. The first-order valence-electron chi connectivity index (χ1n) is 7.66. The van der Waals surface area contributed by atoms with Crippen molar-refractivity contribution in [1.29, 1.82) is 0 Å². The van der Waals surface area contributed by atoms with Crippen molar-refractivity contribution >= 4 is 28.7 Å². The average molecular weight is 351 g/mol. The van der Waals surface area contributed by atoms with Gasteiger partial charge >= 0.3 is 5.97 Å². The van der Waals surface area contributed by atoms with E-state index in [9.17, 15) is 4.79 Å². The molecular weight excluding hydrogens is 334 g/mol. The standard InChI is InChI=1S/C19H17N3O2S/c1-13-12-25-19(21-13)22-20-11-16-5-3-4-6-17(16)14-7-9-15(10-8-14)18(23)24-2/h3-12H,1-2H3,(H,21,22). The molecule has 1 heterocycles. The number of benzene rings is 2. The topological polar surface area (TPSA) is 63.6 Å². The van der Waals surface area contributed by atoms with Crippen molar-refractivity contribution in [1.82, 2.24) is 4.98 Å². The van der Waals surface area contributed by atoms with E-state index in [1.54, 1.807) is 18.3 Å². The van der Waals surface area contributed by atoms with Crippen molar-refractivity contribution in [2.24, 2.45) is 5.10 Å². The van der Waals surface area contributed by atoms with E-state index in [0.29, 0.717) is 5.56 Å². The Kier molecular flexibility index (Phi) is 5.20. The molecule has 0 aliphatic carbocycles. The van der Waals surface area contributed by atoms with Crippen molar-refractivity contribution in [2.75, 3.05) is 12.5 Å². The first kappa shape index (κ1) is 16.9. The average Bonchev–Trinajstić information content (AvgIpc) is 3.07. The normalized spacial score (nSPS) is 10.8. The minimum atomic E-state index is -0.343. The lowest BCUT2D eigenvalue weighted by atomic mass is 9.99. The summed E-state index contributed by atoms with van der Waals surface area (Å²) in [6, 6.07) is 15.2. The quantitative estimate of drug-likeness (QED) is 0.422. The molecule has 0 saturated heterocycles. The van der Waals surface area contributed by atoms with Gasteiger partial charge in [-0.25, -0.2) is 9.78 Å². The van der Waals surface area contributed by atoms with Gasteiger partial charge in [0.05, 0.1) is 24.6 Å². The number of hydrogen-bond donors (Lipinski definition) is 1. The lowest BCUT2D eigenvalue weighted by Crippen LogP contribution is -2.00. The van der Waals surface area contributed by atoms with Crippen molar-refractivity contribution in [3.8, 4) is 11.1 Å². The molecule has 3 aromatic rings. The van der Waals surface area contributed by atoms with E-state index in [1.165, 1.54) is 18.4 Å². The maximum absolute atomic E-state index is 11.5. The largest absolute Gasteiger partial charge is 0.465 e. The number of aryl methyl sites for hydroxylation is 1. The number of ether oxygens (including phenoxy) is 1. The van der Waals surface area contributed by atoms with Gasteiger partial charge < -0.3 is 4.74 Å². The lowest BCUT2D eigenvalue weighted by Gasteiger charge is -2.07. The fourth-order valence-electron chi connectivity index (χ4n) is 2.34. The van der Waals surface area contributed by atoms with Crippen LogP contribution in [0.4, 0.5) is 5.13 Å². The molecule has 0 saturated carbocycles. The number of hydrogen-bond acceptors (Lipinski definition) is 6. The van der Waals surface area contributed by atoms with Gasteiger partial charge in [-0.3, -0.25) is 5.43 Å². The van der Waals surface area contributed by atoms with Crippen LogP contribution in [0.25, 0.3) is 11.1 Å². The minimum Gasteiger partial charge on any atom is -0.465 e. The van der Waals surface area contributed by atoms with Gasteiger partial charge in [0.1, 0.15) is 0 Å². The monoisotopic (exact) mass is 351 g/mol. The number of methoxy groups -OCH3 is 1. The molecule has 0 atom stereocenters. The summed E-state index contributed by atoms with van der Waals surface area (Å²) in [4.78, 5) is 15.9. The SMILES string of the molecule is COC(=O)c1ccc(-c2ccccc2C=NNc2nc(C)cs2)cc1. The number of nitrogens with one attached hydrogen (secondary N) is 1. The van der Waals surface area contributed by atoms with Crippen molar-refractivity contribution < 1.29 is 9.53 Å². The third-order valence-corrected chi connectivity index (χ3v) is 4.43. The second-order valence-corrected chi connectivity index (χ2v) is 6.18. The van der Waals surface area contributed by atoms with E-state index in [0.717, 1.165) is 27.5 Å². The number of hydrazone groups is 1. The number of carbonyl (C=O) groups excluding carboxylic acids is 1. The molecule has 1 aromatic heterocycles. The molecule has 0 bridgehead atoms. The lowest BCUT2D eigenvalue weighted by molar-refractivity contribution is 0.0601. The predicted octanol–water partition coefficient (Wildman–Crippen LogP) is 4.35. The van der Waals surface area contributed by atoms with E-state index in [4.69, 9.17) is 4.74 Å². The Balaban J connectivity index is 1.82. The fraction of sp³-hybridized carbons (Fsp3) is 0.105. The van der Waals surface area contributed by atoms with Gasteiger partial charge in [0.15, 0.2) is 0 Å². The van der Waals surface area contributed by atoms with Crippen LogP contribution in [-0.2, 0) is 4.74 Å². The zero-order chi connectivity index (χ0) is 17.6. The molecule has 1 N–H and O–H groups in total. The van der Waals surface area contributed by atoms with Crippen LogP contribution in [0, 0.1) is 6.92 Å². The van der Waals surface area contributed by atoms with E-state index in [1.807, 2.05) is 48.7 Å². The van der Waals surface area contributed by atoms with Gasteiger partial charge in [0, 0.05) is 10.9 Å². The smallest absolute Gasteiger partial charge is 0.337 e. The van der Waals surface area contributed by atoms with Gasteiger partial charge in [-0.05, 0) is 30.2 Å². The van der Waals surface area contributed by atoms with Crippen LogP contribution >= 0.6 is 11.3 Å². The second-order valence-electron chi connectivity index (χ2n) is 5.32. The van der Waals surface area contributed by atoms with Gasteiger partial charge in [-0.1, -0.05) is 36.4 Å². The molecule has 25 heavy (non-hydrogen) atoms. The molecule has 6 heteroatoms. The van der Waals surface area contributed by atoms with Crippen LogP contribution < -0.4 is 5.43 Å². The number of nitrogens with zero attached hydrogens (tertiary/aromatic N) is 2. The molecule has 0 amide bonds. The molecule has 126 valence electrons. The summed E-state index contributed by atoms with van der Waals surface area (Å²) in [5.74, 6) is -0.343. The highest BCUT2D eigenvalue weighted by molar-refractivity contribution is 7.13. The molecule has 0 radical (unpaired) electrons. The highest BCUT2D eigenvalue weighted by atomic mass is 32.1. The van der Waals surface area contributed by atoms with Crippen LogP contribution in [0.15, 0.2) is 59.0 Å². The summed E-state index contributed by atoms with van der Waals surface area (Å²) in [6.07, 6.45) is 1.76. The summed E-state index contributed by atoms with van der Waals surface area (Å²) < 4.78 is 4.73. The second kappa shape index (κ2) is 7.72. The fourth-order valence-corrected chi connectivity index (χ4v) is 2.98. The van der Waals surface area contributed by atoms with Gasteiger partial charge in [0.2, 0.25) is 5.13 Å². The van der Waals surface area contributed by atoms with E-state index in [-0.39, 0.29) is 5.97 Å². The van der Waals surface area contributed by atoms with Crippen LogP contribution in [0.1, 0.15) is 21.6 Å². The van der Waals surface area contributed by atoms with E-state index < -0.39 is 0 Å². The highest BCUT2D eigenvalue weighted by Crippen LogP contribution is 2.23. The van der Waals surface area contributed by atoms with Crippen molar-refractivity contribution in [3.05, 3.63) is 70.7 Å². The molecule has 0 spiro atoms. The molecule has 2 aromatic carbocycles. The molecule has 3 rings (SSSR count). The maximum Gasteiger partial charge on any atom is 0.337 e. The Bertz CT molecular complexity index is 901. The first-order chi connectivity index (χ1) is 12.2. The summed E-state index contributed by atoms with van der Waals surface area (Å²) in [5.41, 5.74) is 7.43. The van der Waals surface area contributed by atoms with Crippen LogP contribution in [0.2, 0.25) is 0 Å². The van der Waals surface area contributed by atoms with Crippen LogP contribution in [0.3, 0.4) is 0 Å². The Morgan fingerprint density at radius 1 is 1.20 bits per heavy atom. The van der Waals surface area contributed by atoms with Crippen molar-refractivity contribution in [2.45, 2.75) is 6.92 Å². The van der Waals surface area contributed by atoms with Crippen LogP contribution in [0.5, 0.6) is 0 Å². The third kappa shape index (κ3) is 4.10. The third-order valence-electron chi connectivity index (χ3n) is 3.56. The number of aromatic nitrogens is 1. The number of thiazole rings is 1. The predicted molar refractivity (Wildman–Crippen MR) is 101 cm³/mol. The van der Waals surface area contributed by atoms with Gasteiger partial charge in [0.25, 0.3) is 0 Å². The molecule has 0 unspecified atom stereocenters. The Hall–Kier alpha value is -2.99. The summed E-state index contributed by atoms with van der Waals surface area (Å²) in [6.45, 7) is 1.94. The number of rotatable bonds is 5. The summed E-state index contributed by atoms with van der Waals surface area (Å²) >= 11 is 1.51. The molecule has 0 aliphatic heterocycles. The maximum atomic E-state index is 11.5. The van der Waals surface area contributed by atoms with Gasteiger partial charge in [-0.2, -0.15) is 5.10 Å². The molecule has 0 aliphatic rings. The number of esters is 1. The number of carbonyl (C=O) groups is 1.